The molecule has 2 unspecified atom stereocenters. The highest BCUT2D eigenvalue weighted by atomic mass is 32.2. The second-order valence-electron chi connectivity index (χ2n) is 5.11. The summed E-state index contributed by atoms with van der Waals surface area (Å²) in [7, 11) is -3.45. The van der Waals surface area contributed by atoms with Gasteiger partial charge in [0.15, 0.2) is 0 Å². The van der Waals surface area contributed by atoms with Crippen molar-refractivity contribution in [1.82, 2.24) is 4.31 Å². The second kappa shape index (κ2) is 4.92. The Balaban J connectivity index is 2.40. The number of thiophene rings is 1. The molecule has 1 aliphatic rings. The third kappa shape index (κ3) is 2.22. The first-order valence-electron chi connectivity index (χ1n) is 6.06. The van der Waals surface area contributed by atoms with Gasteiger partial charge in [-0.1, -0.05) is 13.8 Å². The third-order valence-electron chi connectivity index (χ3n) is 3.69. The second-order valence-corrected chi connectivity index (χ2v) is 7.94. The highest BCUT2D eigenvalue weighted by Gasteiger charge is 2.37. The number of aliphatic hydroxyl groups is 1. The van der Waals surface area contributed by atoms with Crippen LogP contribution in [0.1, 0.15) is 24.3 Å². The molecule has 102 valence electrons. The lowest BCUT2D eigenvalue weighted by atomic mass is 10.0. The average Bonchev–Trinajstić information content (AvgIpc) is 2.84. The zero-order valence-electron chi connectivity index (χ0n) is 10.9. The number of hydrogen-bond acceptors (Lipinski definition) is 4. The Kier molecular flexibility index (Phi) is 3.82. The van der Waals surface area contributed by atoms with Gasteiger partial charge in [-0.15, -0.1) is 11.3 Å². The van der Waals surface area contributed by atoms with E-state index in [1.54, 1.807) is 16.6 Å². The van der Waals surface area contributed by atoms with Crippen molar-refractivity contribution < 1.29 is 13.5 Å². The Morgan fingerprint density at radius 3 is 2.44 bits per heavy atom. The van der Waals surface area contributed by atoms with Gasteiger partial charge in [0, 0.05) is 13.1 Å². The van der Waals surface area contributed by atoms with E-state index in [0.29, 0.717) is 34.7 Å². The monoisotopic (exact) mass is 289 g/mol. The number of sulfonamides is 1. The number of aryl methyl sites for hydroxylation is 1. The van der Waals surface area contributed by atoms with Crippen LogP contribution in [-0.2, 0) is 16.6 Å². The molecule has 0 saturated carbocycles. The minimum atomic E-state index is -3.45. The van der Waals surface area contributed by atoms with Gasteiger partial charge >= 0.3 is 0 Å². The van der Waals surface area contributed by atoms with Crippen molar-refractivity contribution in [3.8, 4) is 0 Å². The minimum Gasteiger partial charge on any atom is -0.391 e. The van der Waals surface area contributed by atoms with Gasteiger partial charge in [-0.25, -0.2) is 8.42 Å². The molecule has 2 heterocycles. The summed E-state index contributed by atoms with van der Waals surface area (Å²) in [5, 5.41) is 11.1. The van der Waals surface area contributed by atoms with E-state index in [1.165, 1.54) is 11.3 Å². The van der Waals surface area contributed by atoms with Crippen molar-refractivity contribution in [2.24, 2.45) is 11.8 Å². The van der Waals surface area contributed by atoms with Crippen molar-refractivity contribution in [3.05, 3.63) is 15.8 Å². The van der Waals surface area contributed by atoms with E-state index in [1.807, 2.05) is 0 Å². The number of aliphatic hydroxyl groups excluding tert-OH is 1. The highest BCUT2D eigenvalue weighted by Crippen LogP contribution is 2.33. The fraction of sp³-hybridized carbons (Fsp3) is 0.667. The van der Waals surface area contributed by atoms with Crippen molar-refractivity contribution in [2.45, 2.75) is 32.3 Å². The molecule has 6 heteroatoms. The van der Waals surface area contributed by atoms with Gasteiger partial charge in [-0.3, -0.25) is 0 Å². The van der Waals surface area contributed by atoms with Crippen LogP contribution in [0.2, 0.25) is 0 Å². The van der Waals surface area contributed by atoms with Crippen LogP contribution in [0.25, 0.3) is 0 Å². The summed E-state index contributed by atoms with van der Waals surface area (Å²) in [4.78, 5) is 0.857. The average molecular weight is 289 g/mol. The Hall–Kier alpha value is -0.430. The zero-order chi connectivity index (χ0) is 13.5. The molecule has 2 rings (SSSR count). The van der Waals surface area contributed by atoms with E-state index in [0.717, 1.165) is 5.56 Å². The van der Waals surface area contributed by atoms with Crippen LogP contribution in [0.15, 0.2) is 10.3 Å². The van der Waals surface area contributed by atoms with Crippen LogP contribution in [0.4, 0.5) is 0 Å². The summed E-state index contributed by atoms with van der Waals surface area (Å²) < 4.78 is 26.8. The standard InChI is InChI=1S/C12H19NO3S2/c1-8-4-13(5-9(8)2)18(15,16)12-10(3)7-17-11(12)6-14/h7-9,14H,4-6H2,1-3H3. The van der Waals surface area contributed by atoms with E-state index < -0.39 is 10.0 Å². The quantitative estimate of drug-likeness (QED) is 0.923. The van der Waals surface area contributed by atoms with Gasteiger partial charge in [-0.05, 0) is 29.7 Å². The minimum absolute atomic E-state index is 0.216. The van der Waals surface area contributed by atoms with Crippen molar-refractivity contribution >= 4 is 21.4 Å². The van der Waals surface area contributed by atoms with E-state index in [4.69, 9.17) is 0 Å². The molecule has 1 saturated heterocycles. The highest BCUT2D eigenvalue weighted by molar-refractivity contribution is 7.89. The van der Waals surface area contributed by atoms with Crippen molar-refractivity contribution in [3.63, 3.8) is 0 Å². The molecule has 0 aliphatic carbocycles. The van der Waals surface area contributed by atoms with Crippen molar-refractivity contribution in [2.75, 3.05) is 13.1 Å². The predicted molar refractivity (Wildman–Crippen MR) is 72.1 cm³/mol. The third-order valence-corrected chi connectivity index (χ3v) is 6.97. The van der Waals surface area contributed by atoms with Crippen LogP contribution < -0.4 is 0 Å². The first-order valence-corrected chi connectivity index (χ1v) is 8.38. The molecule has 1 N–H and O–H groups in total. The van der Waals surface area contributed by atoms with E-state index in [9.17, 15) is 13.5 Å². The summed E-state index contributed by atoms with van der Waals surface area (Å²) in [5.41, 5.74) is 0.733. The molecule has 0 radical (unpaired) electrons. The van der Waals surface area contributed by atoms with E-state index in [-0.39, 0.29) is 6.61 Å². The predicted octanol–water partition coefficient (Wildman–Crippen LogP) is 1.83. The van der Waals surface area contributed by atoms with E-state index >= 15 is 0 Å². The number of rotatable bonds is 3. The number of nitrogens with zero attached hydrogens (tertiary/aromatic N) is 1. The molecule has 18 heavy (non-hydrogen) atoms. The lowest BCUT2D eigenvalue weighted by Crippen LogP contribution is -2.29. The van der Waals surface area contributed by atoms with E-state index in [2.05, 4.69) is 13.8 Å². The molecule has 1 aromatic heterocycles. The van der Waals surface area contributed by atoms with Gasteiger partial charge in [0.1, 0.15) is 4.90 Å². The smallest absolute Gasteiger partial charge is 0.244 e. The molecule has 1 fully saturated rings. The topological polar surface area (TPSA) is 57.6 Å². The molecule has 1 aliphatic heterocycles. The Morgan fingerprint density at radius 2 is 1.94 bits per heavy atom. The lowest BCUT2D eigenvalue weighted by Gasteiger charge is -2.17. The summed E-state index contributed by atoms with van der Waals surface area (Å²) in [5.74, 6) is 0.771. The molecule has 2 atom stereocenters. The number of hydrogen-bond donors (Lipinski definition) is 1. The molecule has 1 aromatic rings. The Morgan fingerprint density at radius 1 is 1.39 bits per heavy atom. The summed E-state index contributed by atoms with van der Waals surface area (Å²) in [6.07, 6.45) is 0. The van der Waals surface area contributed by atoms with Crippen LogP contribution in [0, 0.1) is 18.8 Å². The summed E-state index contributed by atoms with van der Waals surface area (Å²) in [6, 6.07) is 0. The first kappa shape index (κ1) is 14.0. The summed E-state index contributed by atoms with van der Waals surface area (Å²) in [6.45, 7) is 6.87. The van der Waals surface area contributed by atoms with Gasteiger partial charge < -0.3 is 5.11 Å². The Labute approximate surface area is 112 Å². The molecule has 4 nitrogen and oxygen atoms in total. The maximum Gasteiger partial charge on any atom is 0.244 e. The van der Waals surface area contributed by atoms with Crippen LogP contribution in [0.3, 0.4) is 0 Å². The lowest BCUT2D eigenvalue weighted by molar-refractivity contribution is 0.282. The molecule has 0 aromatic carbocycles. The van der Waals surface area contributed by atoms with Crippen LogP contribution in [0.5, 0.6) is 0 Å². The molecular formula is C12H19NO3S2. The fourth-order valence-corrected chi connectivity index (χ4v) is 5.60. The maximum absolute atomic E-state index is 12.6. The van der Waals surface area contributed by atoms with Gasteiger partial charge in [0.05, 0.1) is 11.5 Å². The molecule has 0 amide bonds. The SMILES string of the molecule is Cc1csc(CO)c1S(=O)(=O)N1CC(C)C(C)C1. The first-order chi connectivity index (χ1) is 8.37. The van der Waals surface area contributed by atoms with Gasteiger partial charge in [0.2, 0.25) is 10.0 Å². The van der Waals surface area contributed by atoms with Gasteiger partial charge in [-0.2, -0.15) is 4.31 Å². The summed E-state index contributed by atoms with van der Waals surface area (Å²) >= 11 is 1.31. The van der Waals surface area contributed by atoms with Crippen LogP contribution >= 0.6 is 11.3 Å². The Bertz CT molecular complexity index is 526. The van der Waals surface area contributed by atoms with Crippen LogP contribution in [-0.4, -0.2) is 30.9 Å². The molecular weight excluding hydrogens is 270 g/mol. The zero-order valence-corrected chi connectivity index (χ0v) is 12.5. The molecule has 0 spiro atoms. The molecule has 0 bridgehead atoms. The normalized spacial score (nSPS) is 25.8. The van der Waals surface area contributed by atoms with Gasteiger partial charge in [0.25, 0.3) is 0 Å². The van der Waals surface area contributed by atoms with Crippen molar-refractivity contribution in [1.29, 1.82) is 0 Å². The fourth-order valence-electron chi connectivity index (χ4n) is 2.35. The largest absolute Gasteiger partial charge is 0.391 e. The maximum atomic E-state index is 12.6.